The van der Waals surface area contributed by atoms with Gasteiger partial charge in [-0.15, -0.1) is 0 Å². The lowest BCUT2D eigenvalue weighted by atomic mass is 10.0. The van der Waals surface area contributed by atoms with Crippen molar-refractivity contribution in [1.82, 2.24) is 15.5 Å². The molecule has 0 radical (unpaired) electrons. The number of carbonyl (C=O) groups excluding carboxylic acids is 2. The molecule has 2 aromatic carbocycles. The van der Waals surface area contributed by atoms with Crippen LogP contribution in [-0.2, 0) is 9.59 Å². The molecule has 2 amide bonds. The minimum atomic E-state index is -0.627. The molecule has 2 aromatic rings. The zero-order chi connectivity index (χ0) is 22.8. The van der Waals surface area contributed by atoms with Gasteiger partial charge in [0.05, 0.1) is 11.7 Å². The first-order chi connectivity index (χ1) is 16.1. The maximum absolute atomic E-state index is 14.2. The molecule has 33 heavy (non-hydrogen) atoms. The summed E-state index contributed by atoms with van der Waals surface area (Å²) >= 11 is 0. The summed E-state index contributed by atoms with van der Waals surface area (Å²) in [4.78, 5) is 28.7. The van der Waals surface area contributed by atoms with Crippen molar-refractivity contribution in [1.29, 1.82) is 0 Å². The fourth-order valence-corrected chi connectivity index (χ4v) is 4.31. The highest BCUT2D eigenvalue weighted by Crippen LogP contribution is 2.36. The molecule has 5 rings (SSSR count). The maximum atomic E-state index is 14.2. The summed E-state index contributed by atoms with van der Waals surface area (Å²) in [5.74, 6) is -0.0915. The van der Waals surface area contributed by atoms with E-state index in [4.69, 9.17) is 9.47 Å². The molecule has 174 valence electrons. The van der Waals surface area contributed by atoms with Gasteiger partial charge >= 0.3 is 11.8 Å². The second-order valence-electron chi connectivity index (χ2n) is 8.56. The summed E-state index contributed by atoms with van der Waals surface area (Å²) in [5.41, 5.74) is 1.56. The van der Waals surface area contributed by atoms with Crippen LogP contribution in [0, 0.1) is 5.82 Å². The number of carbonyl (C=O) groups is 2. The smallest absolute Gasteiger partial charge is 0.309 e. The highest BCUT2D eigenvalue weighted by molar-refractivity contribution is 6.35. The summed E-state index contributed by atoms with van der Waals surface area (Å²) in [6.07, 6.45) is 1.84. The van der Waals surface area contributed by atoms with Crippen molar-refractivity contribution in [3.8, 4) is 11.5 Å². The van der Waals surface area contributed by atoms with Gasteiger partial charge in [0, 0.05) is 38.8 Å². The molecule has 9 heteroatoms. The summed E-state index contributed by atoms with van der Waals surface area (Å²) in [6, 6.07) is 12.5. The molecule has 2 fully saturated rings. The number of nitrogens with one attached hydrogen (secondary N) is 2. The zero-order valence-electron chi connectivity index (χ0n) is 18.3. The third kappa shape index (κ3) is 4.88. The van der Waals surface area contributed by atoms with Crippen LogP contribution < -0.4 is 25.0 Å². The van der Waals surface area contributed by atoms with Gasteiger partial charge in [0.2, 0.25) is 6.79 Å². The number of fused-ring (bicyclic) bond motifs is 1. The molecule has 1 atom stereocenters. The van der Waals surface area contributed by atoms with E-state index in [0.717, 1.165) is 18.4 Å². The molecule has 0 aromatic heterocycles. The van der Waals surface area contributed by atoms with Gasteiger partial charge in [0.15, 0.2) is 11.5 Å². The number of rotatable bonds is 6. The van der Waals surface area contributed by atoms with Crippen molar-refractivity contribution in [3.63, 3.8) is 0 Å². The van der Waals surface area contributed by atoms with E-state index in [2.05, 4.69) is 15.5 Å². The second kappa shape index (κ2) is 9.27. The van der Waals surface area contributed by atoms with Crippen molar-refractivity contribution >= 4 is 17.5 Å². The van der Waals surface area contributed by atoms with Crippen LogP contribution in [0.2, 0.25) is 0 Å². The fourth-order valence-electron chi connectivity index (χ4n) is 4.31. The lowest BCUT2D eigenvalue weighted by molar-refractivity contribution is -0.139. The van der Waals surface area contributed by atoms with E-state index in [9.17, 15) is 14.0 Å². The van der Waals surface area contributed by atoms with Gasteiger partial charge in [-0.05, 0) is 42.7 Å². The molecule has 3 aliphatic rings. The number of hydrogen-bond donors (Lipinski definition) is 2. The first kappa shape index (κ1) is 21.5. The molecule has 2 aliphatic heterocycles. The molecule has 1 saturated heterocycles. The Bertz CT molecular complexity index is 1040. The molecule has 2 heterocycles. The van der Waals surface area contributed by atoms with Crippen LogP contribution in [0.1, 0.15) is 24.4 Å². The number of para-hydroxylation sites is 1. The van der Waals surface area contributed by atoms with Crippen LogP contribution in [0.3, 0.4) is 0 Å². The molecule has 1 aliphatic carbocycles. The van der Waals surface area contributed by atoms with Gasteiger partial charge in [-0.2, -0.15) is 0 Å². The quantitative estimate of drug-likeness (QED) is 0.648. The minimum Gasteiger partial charge on any atom is -0.454 e. The Morgan fingerprint density at radius 1 is 1.00 bits per heavy atom. The third-order valence-corrected chi connectivity index (χ3v) is 6.30. The fraction of sp³-hybridized carbons (Fsp3) is 0.417. The van der Waals surface area contributed by atoms with Crippen LogP contribution in [0.15, 0.2) is 42.5 Å². The van der Waals surface area contributed by atoms with Crippen LogP contribution in [0.4, 0.5) is 10.1 Å². The molecule has 0 spiro atoms. The molecule has 0 bridgehead atoms. The first-order valence-corrected chi connectivity index (χ1v) is 11.3. The normalized spacial score (nSPS) is 18.6. The van der Waals surface area contributed by atoms with Gasteiger partial charge in [-0.1, -0.05) is 18.2 Å². The number of nitrogens with zero attached hydrogens (tertiary/aromatic N) is 2. The number of amides is 2. The molecule has 0 unspecified atom stereocenters. The minimum absolute atomic E-state index is 0.124. The van der Waals surface area contributed by atoms with E-state index >= 15 is 0 Å². The maximum Gasteiger partial charge on any atom is 0.309 e. The number of piperazine rings is 1. The van der Waals surface area contributed by atoms with Gasteiger partial charge in [-0.25, -0.2) is 4.39 Å². The average Bonchev–Trinajstić information content (AvgIpc) is 3.52. The number of anilines is 1. The number of ether oxygens (including phenoxy) is 2. The Balaban J connectivity index is 1.29. The van der Waals surface area contributed by atoms with E-state index in [1.54, 1.807) is 12.1 Å². The Hall–Kier alpha value is -3.33. The molecular weight excluding hydrogens is 427 g/mol. The monoisotopic (exact) mass is 454 g/mol. The van der Waals surface area contributed by atoms with Crippen LogP contribution >= 0.6 is 0 Å². The Kier molecular flexibility index (Phi) is 6.04. The van der Waals surface area contributed by atoms with Crippen molar-refractivity contribution in [2.75, 3.05) is 44.4 Å². The predicted octanol–water partition coefficient (Wildman–Crippen LogP) is 1.81. The number of hydrogen-bond acceptors (Lipinski definition) is 6. The Morgan fingerprint density at radius 2 is 1.76 bits per heavy atom. The summed E-state index contributed by atoms with van der Waals surface area (Å²) in [7, 11) is 0. The lowest BCUT2D eigenvalue weighted by Crippen LogP contribution is -2.51. The number of halogens is 1. The molecular formula is C24H27FN4O4. The van der Waals surface area contributed by atoms with E-state index in [-0.39, 0.29) is 31.2 Å². The van der Waals surface area contributed by atoms with Crippen LogP contribution in [0.5, 0.6) is 11.5 Å². The van der Waals surface area contributed by atoms with E-state index in [0.29, 0.717) is 43.4 Å². The largest absolute Gasteiger partial charge is 0.454 e. The Labute approximate surface area is 191 Å². The van der Waals surface area contributed by atoms with Crippen molar-refractivity contribution < 1.29 is 23.5 Å². The van der Waals surface area contributed by atoms with Crippen molar-refractivity contribution in [3.05, 3.63) is 53.8 Å². The molecule has 1 saturated carbocycles. The average molecular weight is 455 g/mol. The standard InChI is InChI=1S/C24H27FN4O4/c25-18-3-1-2-4-19(18)28-9-11-29(12-10-28)20(14-26-23(30)24(31)27-17-6-7-17)16-5-8-21-22(13-16)33-15-32-21/h1-5,8,13,17,20H,6-7,9-12,14-15H2,(H,26,30)(H,27,31)/t20-/m0/s1. The highest BCUT2D eigenvalue weighted by atomic mass is 19.1. The van der Waals surface area contributed by atoms with E-state index in [1.807, 2.05) is 29.2 Å². The van der Waals surface area contributed by atoms with E-state index in [1.165, 1.54) is 6.07 Å². The van der Waals surface area contributed by atoms with Gasteiger partial charge in [0.25, 0.3) is 0 Å². The summed E-state index contributed by atoms with van der Waals surface area (Å²) in [5, 5.41) is 5.51. The molecule has 8 nitrogen and oxygen atoms in total. The van der Waals surface area contributed by atoms with E-state index < -0.39 is 11.8 Å². The van der Waals surface area contributed by atoms with Crippen LogP contribution in [0.25, 0.3) is 0 Å². The highest BCUT2D eigenvalue weighted by Gasteiger charge is 2.30. The third-order valence-electron chi connectivity index (χ3n) is 6.30. The summed E-state index contributed by atoms with van der Waals surface area (Å²) < 4.78 is 25.2. The number of benzene rings is 2. The van der Waals surface area contributed by atoms with Crippen molar-refractivity contribution in [2.24, 2.45) is 0 Å². The molecule has 2 N–H and O–H groups in total. The van der Waals surface area contributed by atoms with Crippen LogP contribution in [-0.4, -0.2) is 62.3 Å². The summed E-state index contributed by atoms with van der Waals surface area (Å²) in [6.45, 7) is 3.12. The van der Waals surface area contributed by atoms with Gasteiger partial charge < -0.3 is 25.0 Å². The lowest BCUT2D eigenvalue weighted by Gasteiger charge is -2.40. The zero-order valence-corrected chi connectivity index (χ0v) is 18.3. The Morgan fingerprint density at radius 3 is 2.52 bits per heavy atom. The SMILES string of the molecule is O=C(NC[C@@H](c1ccc2c(c1)OCO2)N1CCN(c2ccccc2F)CC1)C(=O)NC1CC1. The van der Waals surface area contributed by atoms with Gasteiger partial charge in [-0.3, -0.25) is 14.5 Å². The first-order valence-electron chi connectivity index (χ1n) is 11.3. The second-order valence-corrected chi connectivity index (χ2v) is 8.56. The predicted molar refractivity (Wildman–Crippen MR) is 120 cm³/mol. The van der Waals surface area contributed by atoms with Crippen molar-refractivity contribution in [2.45, 2.75) is 24.9 Å². The van der Waals surface area contributed by atoms with Gasteiger partial charge in [0.1, 0.15) is 5.82 Å². The topological polar surface area (TPSA) is 83.1 Å².